The molecule has 2 heterocycles. The first kappa shape index (κ1) is 34.4. The summed E-state index contributed by atoms with van der Waals surface area (Å²) in [6.45, 7) is 29.4. The number of rotatable bonds is 9. The van der Waals surface area contributed by atoms with Crippen LogP contribution in [0.4, 0.5) is 11.4 Å². The first-order valence-corrected chi connectivity index (χ1v) is 15.8. The van der Waals surface area contributed by atoms with Gasteiger partial charge in [0.1, 0.15) is 0 Å². The van der Waals surface area contributed by atoms with E-state index in [1.165, 1.54) is 54.1 Å². The van der Waals surface area contributed by atoms with Crippen molar-refractivity contribution in [3.63, 3.8) is 0 Å². The highest BCUT2D eigenvalue weighted by Gasteiger charge is 2.19. The molecular formula is C35H54ClN5. The van der Waals surface area contributed by atoms with E-state index in [2.05, 4.69) is 104 Å². The number of nitrogens with one attached hydrogen (secondary N) is 2. The number of piperazine rings is 1. The molecule has 0 saturated carbocycles. The average molecular weight is 580 g/mol. The Morgan fingerprint density at radius 2 is 1.76 bits per heavy atom. The summed E-state index contributed by atoms with van der Waals surface area (Å²) in [4.78, 5) is 9.15. The number of aliphatic imine (C=N–C) groups is 1. The van der Waals surface area contributed by atoms with E-state index in [1.807, 2.05) is 26.1 Å². The van der Waals surface area contributed by atoms with Crippen molar-refractivity contribution >= 4 is 29.7 Å². The van der Waals surface area contributed by atoms with Crippen molar-refractivity contribution in [2.75, 3.05) is 44.2 Å². The lowest BCUT2D eigenvalue weighted by molar-refractivity contribution is 0.258. The number of anilines is 1. The topological polar surface area (TPSA) is 42.9 Å². The molecule has 2 aliphatic heterocycles. The van der Waals surface area contributed by atoms with E-state index in [-0.39, 0.29) is 0 Å². The molecule has 2 N–H and O–H groups in total. The Hall–Kier alpha value is -2.76. The highest BCUT2D eigenvalue weighted by molar-refractivity contribution is 6.31. The number of hydrogen-bond acceptors (Lipinski definition) is 5. The number of aryl methyl sites for hydroxylation is 2. The van der Waals surface area contributed by atoms with Gasteiger partial charge < -0.3 is 15.5 Å². The van der Waals surface area contributed by atoms with Crippen molar-refractivity contribution in [2.45, 2.75) is 67.7 Å². The van der Waals surface area contributed by atoms with Gasteiger partial charge in [-0.3, -0.25) is 9.89 Å². The van der Waals surface area contributed by atoms with Gasteiger partial charge in [-0.25, -0.2) is 0 Å². The Labute approximate surface area is 255 Å². The van der Waals surface area contributed by atoms with Gasteiger partial charge >= 0.3 is 0 Å². The standard InChI is InChI=1S/C17H23ClN2.C16H25N3.C2H6/c1-4-16-13(3)19-9-8-17(16)20-11-12(2)14-6-5-7-15(18)10-14;1-5-6-18-7-9-19(10-8-18)15-11-13(2)16(17-4)14(3)12-15;1-2/h5,7-10,12,14,19-20H,3-4,6,11H2,1-2H3;11-12H,4-10H2,1-3H3;1-2H3. The van der Waals surface area contributed by atoms with Gasteiger partial charge in [-0.2, -0.15) is 0 Å². The second-order valence-corrected chi connectivity index (χ2v) is 11.3. The van der Waals surface area contributed by atoms with Crippen LogP contribution in [0, 0.1) is 25.7 Å². The highest BCUT2D eigenvalue weighted by Crippen LogP contribution is 2.30. The van der Waals surface area contributed by atoms with Crippen LogP contribution >= 0.6 is 11.6 Å². The van der Waals surface area contributed by atoms with E-state index >= 15 is 0 Å². The molecule has 0 aromatic heterocycles. The molecule has 2 atom stereocenters. The van der Waals surface area contributed by atoms with Crippen LogP contribution in [0.1, 0.15) is 65.0 Å². The SMILES string of the molecule is C=C1NC=CC(NCC(C)C2C=C(Cl)C=CC2)=C1CC.C=Nc1c(C)cc(N2CCN(CCC)CC2)cc1C.CC. The number of nitrogens with zero attached hydrogens (tertiary/aromatic N) is 3. The fourth-order valence-electron chi connectivity index (χ4n) is 5.54. The maximum atomic E-state index is 6.08. The van der Waals surface area contributed by atoms with E-state index in [4.69, 9.17) is 11.6 Å². The first-order chi connectivity index (χ1) is 19.8. The lowest BCUT2D eigenvalue weighted by Gasteiger charge is -2.36. The molecule has 0 spiro atoms. The van der Waals surface area contributed by atoms with Gasteiger partial charge in [0.15, 0.2) is 0 Å². The van der Waals surface area contributed by atoms with Gasteiger partial charge in [-0.05, 0) is 99.2 Å². The minimum absolute atomic E-state index is 0.513. The van der Waals surface area contributed by atoms with E-state index < -0.39 is 0 Å². The Morgan fingerprint density at radius 1 is 1.10 bits per heavy atom. The molecule has 1 fully saturated rings. The molecule has 5 nitrogen and oxygen atoms in total. The van der Waals surface area contributed by atoms with Crippen molar-refractivity contribution in [3.05, 3.63) is 82.3 Å². The van der Waals surface area contributed by atoms with Crippen molar-refractivity contribution in [3.8, 4) is 0 Å². The maximum Gasteiger partial charge on any atom is 0.0682 e. The molecule has 1 aromatic carbocycles. The molecule has 41 heavy (non-hydrogen) atoms. The third-order valence-electron chi connectivity index (χ3n) is 7.87. The quantitative estimate of drug-likeness (QED) is 0.288. The van der Waals surface area contributed by atoms with Crippen LogP contribution in [0.25, 0.3) is 0 Å². The molecule has 0 amide bonds. The fourth-order valence-corrected chi connectivity index (χ4v) is 5.79. The molecule has 1 aliphatic carbocycles. The van der Waals surface area contributed by atoms with E-state index in [9.17, 15) is 0 Å². The maximum absolute atomic E-state index is 6.08. The summed E-state index contributed by atoms with van der Waals surface area (Å²) < 4.78 is 0. The van der Waals surface area contributed by atoms with E-state index in [1.54, 1.807) is 0 Å². The Morgan fingerprint density at radius 3 is 2.32 bits per heavy atom. The number of benzene rings is 1. The molecular weight excluding hydrogens is 526 g/mol. The smallest absolute Gasteiger partial charge is 0.0682 e. The molecule has 226 valence electrons. The summed E-state index contributed by atoms with van der Waals surface area (Å²) in [5, 5.41) is 7.58. The van der Waals surface area contributed by atoms with Crippen LogP contribution < -0.4 is 15.5 Å². The van der Waals surface area contributed by atoms with E-state index in [0.717, 1.165) is 48.9 Å². The molecule has 4 rings (SSSR count). The summed E-state index contributed by atoms with van der Waals surface area (Å²) in [5.74, 6) is 1.05. The number of halogens is 1. The van der Waals surface area contributed by atoms with Gasteiger partial charge in [0.05, 0.1) is 5.69 Å². The lowest BCUT2D eigenvalue weighted by Crippen LogP contribution is -2.46. The Kier molecular flexibility index (Phi) is 15.1. The van der Waals surface area contributed by atoms with Crippen LogP contribution in [-0.2, 0) is 0 Å². The predicted molar refractivity (Wildman–Crippen MR) is 182 cm³/mol. The Balaban J connectivity index is 0.000000271. The average Bonchev–Trinajstić information content (AvgIpc) is 2.98. The molecule has 0 radical (unpaired) electrons. The zero-order valence-corrected chi connectivity index (χ0v) is 27.4. The predicted octanol–water partition coefficient (Wildman–Crippen LogP) is 8.40. The van der Waals surface area contributed by atoms with Crippen LogP contribution in [0.3, 0.4) is 0 Å². The lowest BCUT2D eigenvalue weighted by atomic mass is 9.88. The van der Waals surface area contributed by atoms with Crippen LogP contribution in [0.5, 0.6) is 0 Å². The largest absolute Gasteiger partial charge is 0.384 e. The number of hydrogen-bond donors (Lipinski definition) is 2. The fraction of sp³-hybridized carbons (Fsp3) is 0.514. The second-order valence-electron chi connectivity index (χ2n) is 10.8. The van der Waals surface area contributed by atoms with Gasteiger partial charge in [0.25, 0.3) is 0 Å². The van der Waals surface area contributed by atoms with Crippen molar-refractivity contribution in [1.29, 1.82) is 0 Å². The normalized spacial score (nSPS) is 19.3. The van der Waals surface area contributed by atoms with Gasteiger partial charge in [0, 0.05) is 61.0 Å². The number of allylic oxidation sites excluding steroid dienone is 6. The minimum atomic E-state index is 0.513. The van der Waals surface area contributed by atoms with Gasteiger partial charge in [0.2, 0.25) is 0 Å². The number of dihydropyridines is 1. The summed E-state index contributed by atoms with van der Waals surface area (Å²) in [7, 11) is 0. The van der Waals surface area contributed by atoms with E-state index in [0.29, 0.717) is 11.8 Å². The van der Waals surface area contributed by atoms with Crippen LogP contribution in [-0.4, -0.2) is 50.9 Å². The Bertz CT molecular complexity index is 1100. The third kappa shape index (κ3) is 10.2. The summed E-state index contributed by atoms with van der Waals surface area (Å²) in [5.41, 5.74) is 8.25. The molecule has 0 bridgehead atoms. The molecule has 1 aromatic rings. The van der Waals surface area contributed by atoms with Crippen LogP contribution in [0.15, 0.2) is 76.2 Å². The molecule has 2 unspecified atom stereocenters. The van der Waals surface area contributed by atoms with Gasteiger partial charge in [-0.1, -0.05) is 65.0 Å². The minimum Gasteiger partial charge on any atom is -0.384 e. The van der Waals surface area contributed by atoms with Crippen molar-refractivity contribution in [2.24, 2.45) is 16.8 Å². The van der Waals surface area contributed by atoms with Gasteiger partial charge in [-0.15, -0.1) is 0 Å². The van der Waals surface area contributed by atoms with Crippen LogP contribution in [0.2, 0.25) is 0 Å². The highest BCUT2D eigenvalue weighted by atomic mass is 35.5. The molecule has 1 saturated heterocycles. The first-order valence-electron chi connectivity index (χ1n) is 15.5. The van der Waals surface area contributed by atoms with Crippen molar-refractivity contribution < 1.29 is 0 Å². The summed E-state index contributed by atoms with van der Waals surface area (Å²) >= 11 is 6.08. The third-order valence-corrected chi connectivity index (χ3v) is 8.12. The zero-order chi connectivity index (χ0) is 30.4. The summed E-state index contributed by atoms with van der Waals surface area (Å²) in [6.07, 6.45) is 13.6. The zero-order valence-electron chi connectivity index (χ0n) is 26.7. The van der Waals surface area contributed by atoms with Crippen molar-refractivity contribution in [1.82, 2.24) is 15.5 Å². The summed E-state index contributed by atoms with van der Waals surface area (Å²) in [6, 6.07) is 4.49. The second kappa shape index (κ2) is 17.9. The monoisotopic (exact) mass is 579 g/mol. The molecule has 3 aliphatic rings. The molecule has 6 heteroatoms.